The third-order valence-corrected chi connectivity index (χ3v) is 6.01. The SMILES string of the molecule is CC1(C(=O)N2CCC(CC(=O)Nc3cc(C(F)(F)F)cc(C(F)(F)F)c3)C2)CCCCN1. The van der Waals surface area contributed by atoms with Crippen LogP contribution in [0.1, 0.15) is 50.2 Å². The van der Waals surface area contributed by atoms with Crippen molar-refractivity contribution in [1.82, 2.24) is 10.2 Å². The van der Waals surface area contributed by atoms with E-state index >= 15 is 0 Å². The number of nitrogens with zero attached hydrogens (tertiary/aromatic N) is 1. The number of alkyl halides is 6. The molecule has 0 radical (unpaired) electrons. The zero-order valence-electron chi connectivity index (χ0n) is 17.5. The van der Waals surface area contributed by atoms with Gasteiger partial charge in [0, 0.05) is 25.2 Å². The van der Waals surface area contributed by atoms with Crippen LogP contribution in [0.4, 0.5) is 32.0 Å². The van der Waals surface area contributed by atoms with Gasteiger partial charge in [0.25, 0.3) is 0 Å². The van der Waals surface area contributed by atoms with Crippen molar-refractivity contribution >= 4 is 17.5 Å². The largest absolute Gasteiger partial charge is 0.416 e. The summed E-state index contributed by atoms with van der Waals surface area (Å²) in [6.07, 6.45) is -6.91. The number of carbonyl (C=O) groups excluding carboxylic acids is 2. The van der Waals surface area contributed by atoms with Gasteiger partial charge in [0.2, 0.25) is 11.8 Å². The summed E-state index contributed by atoms with van der Waals surface area (Å²) in [5.74, 6) is -0.967. The highest BCUT2D eigenvalue weighted by Gasteiger charge is 2.40. The van der Waals surface area contributed by atoms with Crippen LogP contribution in [0.5, 0.6) is 0 Å². The molecule has 0 bridgehead atoms. The zero-order chi connectivity index (χ0) is 23.7. The van der Waals surface area contributed by atoms with Crippen molar-refractivity contribution in [1.29, 1.82) is 0 Å². The van der Waals surface area contributed by atoms with Crippen LogP contribution in [0.25, 0.3) is 0 Å². The second-order valence-electron chi connectivity index (χ2n) is 8.67. The van der Waals surface area contributed by atoms with Crippen molar-refractivity contribution in [2.24, 2.45) is 5.92 Å². The number of hydrogen-bond acceptors (Lipinski definition) is 3. The summed E-state index contributed by atoms with van der Waals surface area (Å²) in [4.78, 5) is 26.9. The number of hydrogen-bond donors (Lipinski definition) is 2. The van der Waals surface area contributed by atoms with Gasteiger partial charge >= 0.3 is 12.4 Å². The first-order valence-electron chi connectivity index (χ1n) is 10.4. The van der Waals surface area contributed by atoms with E-state index < -0.39 is 40.6 Å². The van der Waals surface area contributed by atoms with Crippen LogP contribution >= 0.6 is 0 Å². The molecule has 0 saturated carbocycles. The number of amides is 2. The van der Waals surface area contributed by atoms with Gasteiger partial charge in [-0.25, -0.2) is 0 Å². The molecular formula is C21H25F6N3O2. The van der Waals surface area contributed by atoms with E-state index in [4.69, 9.17) is 0 Å². The molecule has 1 aromatic rings. The van der Waals surface area contributed by atoms with Crippen LogP contribution in [-0.2, 0) is 21.9 Å². The molecule has 2 heterocycles. The minimum Gasteiger partial charge on any atom is -0.341 e. The van der Waals surface area contributed by atoms with Crippen LogP contribution in [0.15, 0.2) is 18.2 Å². The molecule has 2 aliphatic heterocycles. The first kappa shape index (κ1) is 24.3. The lowest BCUT2D eigenvalue weighted by atomic mass is 9.89. The average molecular weight is 465 g/mol. The van der Waals surface area contributed by atoms with Gasteiger partial charge in [-0.15, -0.1) is 0 Å². The lowest BCUT2D eigenvalue weighted by Gasteiger charge is -2.36. The maximum Gasteiger partial charge on any atom is 0.416 e. The van der Waals surface area contributed by atoms with E-state index in [1.165, 1.54) is 0 Å². The van der Waals surface area contributed by atoms with E-state index in [0.717, 1.165) is 19.4 Å². The molecule has 3 rings (SSSR count). The van der Waals surface area contributed by atoms with Crippen molar-refractivity contribution < 1.29 is 35.9 Å². The average Bonchev–Trinajstić information content (AvgIpc) is 3.14. The molecule has 2 aliphatic rings. The fourth-order valence-corrected chi connectivity index (χ4v) is 4.27. The number of anilines is 1. The van der Waals surface area contributed by atoms with Gasteiger partial charge < -0.3 is 15.5 Å². The van der Waals surface area contributed by atoms with Crippen LogP contribution in [0, 0.1) is 5.92 Å². The molecule has 11 heteroatoms. The number of likely N-dealkylation sites (tertiary alicyclic amines) is 1. The summed E-state index contributed by atoms with van der Waals surface area (Å²) in [6, 6.07) is 0.969. The Morgan fingerprint density at radius 1 is 1.09 bits per heavy atom. The summed E-state index contributed by atoms with van der Waals surface area (Å²) in [5.41, 5.74) is -4.20. The molecule has 2 saturated heterocycles. The Hall–Kier alpha value is -2.30. The van der Waals surface area contributed by atoms with Crippen molar-refractivity contribution in [3.8, 4) is 0 Å². The van der Waals surface area contributed by atoms with Gasteiger partial charge in [-0.3, -0.25) is 9.59 Å². The first-order chi connectivity index (χ1) is 14.8. The summed E-state index contributed by atoms with van der Waals surface area (Å²) in [6.45, 7) is 3.37. The summed E-state index contributed by atoms with van der Waals surface area (Å²) in [5, 5.41) is 5.39. The number of nitrogens with one attached hydrogen (secondary N) is 2. The minimum atomic E-state index is -4.99. The van der Waals surface area contributed by atoms with Gasteiger partial charge in [0.15, 0.2) is 0 Å². The molecule has 2 unspecified atom stereocenters. The molecule has 5 nitrogen and oxygen atoms in total. The number of piperidine rings is 1. The van der Waals surface area contributed by atoms with Crippen LogP contribution in [0.2, 0.25) is 0 Å². The number of benzene rings is 1. The number of rotatable bonds is 4. The Bertz CT molecular complexity index is 830. The van der Waals surface area contributed by atoms with Gasteiger partial charge in [-0.2, -0.15) is 26.3 Å². The molecule has 1 aromatic carbocycles. The van der Waals surface area contributed by atoms with Crippen LogP contribution < -0.4 is 10.6 Å². The Morgan fingerprint density at radius 2 is 1.72 bits per heavy atom. The maximum absolute atomic E-state index is 13.0. The molecule has 2 atom stereocenters. The van der Waals surface area contributed by atoms with Crippen LogP contribution in [-0.4, -0.2) is 41.9 Å². The third kappa shape index (κ3) is 5.73. The Kier molecular flexibility index (Phi) is 6.78. The van der Waals surface area contributed by atoms with Gasteiger partial charge in [0.1, 0.15) is 0 Å². The van der Waals surface area contributed by atoms with E-state index in [1.54, 1.807) is 4.90 Å². The van der Waals surface area contributed by atoms with Gasteiger partial charge in [0.05, 0.1) is 16.7 Å². The Labute approximate surface area is 181 Å². The second-order valence-corrected chi connectivity index (χ2v) is 8.67. The van der Waals surface area contributed by atoms with Crippen molar-refractivity contribution in [2.45, 2.75) is 56.9 Å². The fourth-order valence-electron chi connectivity index (χ4n) is 4.27. The molecule has 2 N–H and O–H groups in total. The summed E-state index contributed by atoms with van der Waals surface area (Å²) >= 11 is 0. The summed E-state index contributed by atoms with van der Waals surface area (Å²) < 4.78 is 77.9. The standard InChI is InChI=1S/C21H25F6N3O2/c1-19(5-2-3-6-28-19)18(32)30-7-4-13(12-30)8-17(31)29-16-10-14(20(22,23)24)9-15(11-16)21(25,26)27/h9-11,13,28H,2-8,12H2,1H3,(H,29,31). The molecule has 0 aliphatic carbocycles. The van der Waals surface area contributed by atoms with E-state index in [2.05, 4.69) is 10.6 Å². The fraction of sp³-hybridized carbons (Fsp3) is 0.619. The highest BCUT2D eigenvalue weighted by atomic mass is 19.4. The predicted molar refractivity (Wildman–Crippen MR) is 105 cm³/mol. The normalized spacial score (nSPS) is 24.5. The number of carbonyl (C=O) groups is 2. The molecule has 0 aromatic heterocycles. The quantitative estimate of drug-likeness (QED) is 0.647. The van der Waals surface area contributed by atoms with Crippen molar-refractivity contribution in [2.75, 3.05) is 25.0 Å². The summed E-state index contributed by atoms with van der Waals surface area (Å²) in [7, 11) is 0. The van der Waals surface area contributed by atoms with Crippen molar-refractivity contribution in [3.63, 3.8) is 0 Å². The van der Waals surface area contributed by atoms with E-state index in [9.17, 15) is 35.9 Å². The molecular weight excluding hydrogens is 440 g/mol. The second kappa shape index (κ2) is 8.92. The Morgan fingerprint density at radius 3 is 2.25 bits per heavy atom. The van der Waals surface area contributed by atoms with E-state index in [1.807, 2.05) is 6.92 Å². The highest BCUT2D eigenvalue weighted by molar-refractivity contribution is 5.91. The maximum atomic E-state index is 13.0. The van der Waals surface area contributed by atoms with E-state index in [0.29, 0.717) is 38.1 Å². The molecule has 2 amide bonds. The monoisotopic (exact) mass is 465 g/mol. The molecule has 2 fully saturated rings. The molecule has 178 valence electrons. The first-order valence-corrected chi connectivity index (χ1v) is 10.4. The van der Waals surface area contributed by atoms with Crippen LogP contribution in [0.3, 0.4) is 0 Å². The lowest BCUT2D eigenvalue weighted by molar-refractivity contribution is -0.143. The van der Waals surface area contributed by atoms with Crippen molar-refractivity contribution in [3.05, 3.63) is 29.3 Å². The predicted octanol–water partition coefficient (Wildman–Crippen LogP) is 4.43. The smallest absolute Gasteiger partial charge is 0.341 e. The third-order valence-electron chi connectivity index (χ3n) is 6.01. The topological polar surface area (TPSA) is 61.4 Å². The van der Waals surface area contributed by atoms with E-state index in [-0.39, 0.29) is 24.3 Å². The highest BCUT2D eigenvalue weighted by Crippen LogP contribution is 2.37. The minimum absolute atomic E-state index is 0.00992. The molecule has 0 spiro atoms. The lowest BCUT2D eigenvalue weighted by Crippen LogP contribution is -2.57. The Balaban J connectivity index is 1.63. The molecule has 32 heavy (non-hydrogen) atoms. The van der Waals surface area contributed by atoms with Gasteiger partial charge in [-0.05, 0) is 63.3 Å². The van der Waals surface area contributed by atoms with Gasteiger partial charge in [-0.1, -0.05) is 0 Å². The zero-order valence-corrected chi connectivity index (χ0v) is 17.5. The number of halogens is 6.